The summed E-state index contributed by atoms with van der Waals surface area (Å²) in [5.74, 6) is 5.69. The molecule has 326 valence electrons. The summed E-state index contributed by atoms with van der Waals surface area (Å²) < 4.78 is 57.8. The van der Waals surface area contributed by atoms with Gasteiger partial charge >= 0.3 is 0 Å². The Morgan fingerprint density at radius 2 is 1.18 bits per heavy atom. The van der Waals surface area contributed by atoms with Gasteiger partial charge in [0.25, 0.3) is 0 Å². The fourth-order valence-corrected chi connectivity index (χ4v) is 13.1. The van der Waals surface area contributed by atoms with Crippen molar-refractivity contribution in [2.24, 2.45) is 0 Å². The fourth-order valence-electron chi connectivity index (χ4n) is 8.64. The van der Waals surface area contributed by atoms with Crippen LogP contribution < -0.4 is 42.2 Å². The number of fused-ring (bicyclic) bond motifs is 6. The van der Waals surface area contributed by atoms with E-state index in [1.165, 1.54) is 22.7 Å². The third-order valence-electron chi connectivity index (χ3n) is 11.4. The van der Waals surface area contributed by atoms with E-state index >= 15 is 0 Å². The summed E-state index contributed by atoms with van der Waals surface area (Å²) in [5, 5.41) is 2.14. The molecule has 12 rings (SSSR count). The van der Waals surface area contributed by atoms with Gasteiger partial charge in [-0.15, -0.1) is 45.8 Å². The Hall–Kier alpha value is -6.59. The average Bonchev–Trinajstić information content (AvgIpc) is 4.16. The lowest BCUT2D eigenvalue weighted by Crippen LogP contribution is -2.19. The van der Waals surface area contributed by atoms with E-state index in [4.69, 9.17) is 42.6 Å². The molecule has 5 aliphatic heterocycles. The molecule has 5 aliphatic rings. The highest BCUT2D eigenvalue weighted by atomic mass is 32.2. The van der Waals surface area contributed by atoms with Crippen LogP contribution in [0.1, 0.15) is 40.2 Å². The Bertz CT molecular complexity index is 3330. The number of thiophene rings is 3. The predicted octanol–water partition coefficient (Wildman–Crippen LogP) is 9.00. The molecular weight excluding hydrogens is 907 g/mol. The van der Waals surface area contributed by atoms with E-state index in [2.05, 4.69) is 59.2 Å². The summed E-state index contributed by atoms with van der Waals surface area (Å²) in [6, 6.07) is 21.3. The molecule has 65 heavy (non-hydrogen) atoms. The molecule has 16 heteroatoms. The van der Waals surface area contributed by atoms with Crippen LogP contribution in [-0.4, -0.2) is 69.1 Å². The first-order valence-corrected chi connectivity index (χ1v) is 24.1. The third kappa shape index (κ3) is 6.94. The van der Waals surface area contributed by atoms with Crippen LogP contribution in [0, 0.1) is 0 Å². The van der Waals surface area contributed by atoms with Crippen molar-refractivity contribution >= 4 is 98.4 Å². The maximum atomic E-state index is 11.9. The second kappa shape index (κ2) is 16.4. The number of benzene rings is 3. The van der Waals surface area contributed by atoms with Gasteiger partial charge in [-0.05, 0) is 72.2 Å². The number of carbonyl (C=O) groups is 2. The van der Waals surface area contributed by atoms with Crippen LogP contribution >= 0.6 is 45.8 Å². The average molecular weight is 942 g/mol. The van der Waals surface area contributed by atoms with Crippen molar-refractivity contribution in [1.82, 2.24) is 4.57 Å². The number of hydrogen-bond donors (Lipinski definition) is 0. The van der Waals surface area contributed by atoms with Gasteiger partial charge < -0.3 is 47.2 Å². The van der Waals surface area contributed by atoms with Crippen molar-refractivity contribution < 1.29 is 52.2 Å². The third-order valence-corrected chi connectivity index (χ3v) is 15.8. The molecule has 0 radical (unpaired) electrons. The summed E-state index contributed by atoms with van der Waals surface area (Å²) in [6.07, 6.45) is 11.5. The first-order chi connectivity index (χ1) is 32.0. The van der Waals surface area contributed by atoms with Crippen LogP contribution in [0.3, 0.4) is 0 Å². The van der Waals surface area contributed by atoms with Crippen molar-refractivity contribution in [2.45, 2.75) is 11.7 Å². The minimum atomic E-state index is -0.0830. The molecular formula is C49H35NO11S4. The highest BCUT2D eigenvalue weighted by Crippen LogP contribution is 2.51. The first-order valence-electron chi connectivity index (χ1n) is 20.7. The predicted molar refractivity (Wildman–Crippen MR) is 252 cm³/mol. The van der Waals surface area contributed by atoms with Crippen LogP contribution in [0.2, 0.25) is 0 Å². The van der Waals surface area contributed by atoms with Crippen LogP contribution in [0.25, 0.3) is 45.7 Å². The molecule has 9 heterocycles. The lowest BCUT2D eigenvalue weighted by atomic mass is 10.0. The monoisotopic (exact) mass is 941 g/mol. The minimum Gasteiger partial charge on any atom is -0.497 e. The minimum absolute atomic E-state index is 0.0830. The molecule has 1 atom stereocenters. The number of aldehydes is 2. The smallest absolute Gasteiger partial charge is 0.183 e. The van der Waals surface area contributed by atoms with Crippen molar-refractivity contribution in [3.8, 4) is 45.9 Å². The van der Waals surface area contributed by atoms with E-state index in [1.54, 1.807) is 42.7 Å². The van der Waals surface area contributed by atoms with E-state index in [0.29, 0.717) is 96.1 Å². The topological polar surface area (TPSA) is 122 Å². The standard InChI is InChI=1S/C49H35NO11S4/c1-53-29-6-4-28(5-7-29)50-32-18-26(20-34-42-44(56-12-10-54-42)36(62-34)22-38-46-48(40(24-51)64-38)60-16-14-58-46)2-8-30(32)31-9-3-27(19-33(31)50)21-35-43-45(57-13-11-55-43)37(63-35)23-39-47-49(41(25-52)65-39)61-17-15-59-47/h2-10,12,18-19,21-25,34H,11,13-17,20H2,1H3/b35-21-,36-22-,37-23-. The molecule has 0 saturated carbocycles. The number of ether oxygens (including phenoxy) is 9. The van der Waals surface area contributed by atoms with Crippen molar-refractivity contribution in [3.05, 3.63) is 129 Å². The zero-order valence-corrected chi connectivity index (χ0v) is 37.7. The Labute approximate surface area is 386 Å². The van der Waals surface area contributed by atoms with Gasteiger partial charge in [0.1, 0.15) is 67.7 Å². The summed E-state index contributed by atoms with van der Waals surface area (Å²) in [7, 11) is 1.67. The highest BCUT2D eigenvalue weighted by Gasteiger charge is 2.36. The maximum Gasteiger partial charge on any atom is 0.183 e. The Balaban J connectivity index is 0.937. The number of carbonyl (C=O) groups excluding carboxylic acids is 2. The molecule has 12 nitrogen and oxygen atoms in total. The number of rotatable bonds is 9. The van der Waals surface area contributed by atoms with Crippen LogP contribution in [0.15, 0.2) is 89.6 Å². The molecule has 0 saturated heterocycles. The Kier molecular flexibility index (Phi) is 10.1. The van der Waals surface area contributed by atoms with E-state index in [0.717, 1.165) is 86.4 Å². The summed E-state index contributed by atoms with van der Waals surface area (Å²) in [6.45, 7) is 2.49. The molecule has 0 spiro atoms. The normalized spacial score (nSPS) is 18.3. The molecule has 0 amide bonds. The zero-order valence-electron chi connectivity index (χ0n) is 34.4. The lowest BCUT2D eigenvalue weighted by molar-refractivity contribution is 0.110. The summed E-state index contributed by atoms with van der Waals surface area (Å²) in [4.78, 5) is 27.3. The molecule has 4 aromatic heterocycles. The molecule has 1 unspecified atom stereocenters. The van der Waals surface area contributed by atoms with E-state index in [1.807, 2.05) is 24.3 Å². The number of methoxy groups -OCH3 is 1. The van der Waals surface area contributed by atoms with Crippen LogP contribution in [0.4, 0.5) is 0 Å². The first kappa shape index (κ1) is 40.0. The maximum absolute atomic E-state index is 11.9. The highest BCUT2D eigenvalue weighted by molar-refractivity contribution is 8.04. The van der Waals surface area contributed by atoms with Crippen molar-refractivity contribution in [2.75, 3.05) is 46.8 Å². The quantitative estimate of drug-likeness (QED) is 0.129. The van der Waals surface area contributed by atoms with Gasteiger partial charge in [0.15, 0.2) is 58.6 Å². The summed E-state index contributed by atoms with van der Waals surface area (Å²) in [5.41, 5.74) is 5.19. The van der Waals surface area contributed by atoms with Crippen LogP contribution in [-0.2, 0) is 15.9 Å². The number of thioether (sulfide) groups is 1. The number of nitrogens with zero attached hydrogens (tertiary/aromatic N) is 1. The zero-order chi connectivity index (χ0) is 43.6. The SMILES string of the molecule is COc1ccc(-n2c3cc(/C=c4\s/c(=C\c5sc(C=O)c6c5OCCO6)c5c4OCCO5)ccc3c3ccc(CC4S/C(=C\c5sc(C=O)c6c5OCCO6)C5=C4OC=CO5)cc32)cc1. The molecule has 0 N–H and O–H groups in total. The van der Waals surface area contributed by atoms with Crippen molar-refractivity contribution in [1.29, 1.82) is 0 Å². The second-order valence-corrected chi connectivity index (χ2v) is 19.8. The van der Waals surface area contributed by atoms with Gasteiger partial charge in [-0.2, -0.15) is 0 Å². The van der Waals surface area contributed by atoms with Gasteiger partial charge in [0, 0.05) is 16.5 Å². The Morgan fingerprint density at radius 3 is 1.83 bits per heavy atom. The van der Waals surface area contributed by atoms with Gasteiger partial charge in [0.2, 0.25) is 0 Å². The van der Waals surface area contributed by atoms with Gasteiger partial charge in [-0.3, -0.25) is 9.59 Å². The fraction of sp³-hybridized carbons (Fsp3) is 0.184. The van der Waals surface area contributed by atoms with Gasteiger partial charge in [-0.25, -0.2) is 0 Å². The Morgan fingerprint density at radius 1 is 0.615 bits per heavy atom. The van der Waals surface area contributed by atoms with Gasteiger partial charge in [0.05, 0.1) is 47.1 Å². The van der Waals surface area contributed by atoms with Crippen molar-refractivity contribution in [3.63, 3.8) is 0 Å². The number of aromatic nitrogens is 1. The largest absolute Gasteiger partial charge is 0.497 e. The second-order valence-electron chi connectivity index (χ2n) is 15.3. The van der Waals surface area contributed by atoms with Crippen LogP contribution in [0.5, 0.6) is 40.2 Å². The molecule has 0 aliphatic carbocycles. The molecule has 3 aromatic carbocycles. The molecule has 7 aromatic rings. The molecule has 0 fully saturated rings. The number of hydrogen-bond acceptors (Lipinski definition) is 15. The summed E-state index contributed by atoms with van der Waals surface area (Å²) >= 11 is 5.90. The van der Waals surface area contributed by atoms with E-state index in [-0.39, 0.29) is 5.25 Å². The lowest BCUT2D eigenvalue weighted by Gasteiger charge is -2.16. The molecule has 0 bridgehead atoms. The van der Waals surface area contributed by atoms with Gasteiger partial charge in [-0.1, -0.05) is 24.3 Å². The van der Waals surface area contributed by atoms with E-state index < -0.39 is 0 Å². The van der Waals surface area contributed by atoms with E-state index in [9.17, 15) is 9.59 Å².